The van der Waals surface area contributed by atoms with E-state index < -0.39 is 23.2 Å². The van der Waals surface area contributed by atoms with Crippen molar-refractivity contribution in [2.24, 2.45) is 0 Å². The maximum absolute atomic E-state index is 13.1. The van der Waals surface area contributed by atoms with E-state index in [0.29, 0.717) is 12.1 Å². The highest BCUT2D eigenvalue weighted by atomic mass is 19.2. The second kappa shape index (κ2) is 5.14. The number of halogens is 3. The van der Waals surface area contributed by atoms with Gasteiger partial charge >= 0.3 is 0 Å². The van der Waals surface area contributed by atoms with Crippen LogP contribution in [0.1, 0.15) is 15.9 Å². The van der Waals surface area contributed by atoms with Gasteiger partial charge in [0.1, 0.15) is 5.75 Å². The molecule has 0 heterocycles. The molecule has 0 bridgehead atoms. The first-order valence-electron chi connectivity index (χ1n) is 5.37. The maximum atomic E-state index is 13.1. The first-order chi connectivity index (χ1) is 9.04. The molecular weight excluding hydrogens is 257 g/mol. The lowest BCUT2D eigenvalue weighted by atomic mass is 10.0. The molecule has 2 aromatic carbocycles. The van der Waals surface area contributed by atoms with Gasteiger partial charge in [-0.3, -0.25) is 4.79 Å². The number of methoxy groups -OCH3 is 1. The molecule has 19 heavy (non-hydrogen) atoms. The molecule has 5 heteroatoms. The van der Waals surface area contributed by atoms with E-state index in [4.69, 9.17) is 4.74 Å². The Bertz CT molecular complexity index is 615. The minimum atomic E-state index is -1.60. The van der Waals surface area contributed by atoms with E-state index in [1.165, 1.54) is 13.2 Å². The van der Waals surface area contributed by atoms with Crippen molar-refractivity contribution in [1.82, 2.24) is 0 Å². The highest BCUT2D eigenvalue weighted by Crippen LogP contribution is 2.23. The van der Waals surface area contributed by atoms with Crippen molar-refractivity contribution in [3.63, 3.8) is 0 Å². The van der Waals surface area contributed by atoms with Crippen LogP contribution in [0.15, 0.2) is 36.4 Å². The fraction of sp³-hybridized carbons (Fsp3) is 0.0714. The molecule has 0 amide bonds. The van der Waals surface area contributed by atoms with Crippen molar-refractivity contribution in [2.45, 2.75) is 0 Å². The van der Waals surface area contributed by atoms with E-state index >= 15 is 0 Å². The third kappa shape index (κ3) is 2.45. The Morgan fingerprint density at radius 3 is 2.21 bits per heavy atom. The normalized spacial score (nSPS) is 10.3. The smallest absolute Gasteiger partial charge is 0.196 e. The quantitative estimate of drug-likeness (QED) is 0.629. The fourth-order valence-electron chi connectivity index (χ4n) is 1.67. The molecule has 0 saturated heterocycles. The maximum Gasteiger partial charge on any atom is 0.196 e. The summed E-state index contributed by atoms with van der Waals surface area (Å²) < 4.78 is 44.0. The van der Waals surface area contributed by atoms with E-state index in [-0.39, 0.29) is 16.9 Å². The van der Waals surface area contributed by atoms with Crippen molar-refractivity contribution in [3.8, 4) is 5.75 Å². The van der Waals surface area contributed by atoms with Crippen LogP contribution in [-0.4, -0.2) is 12.9 Å². The second-order valence-electron chi connectivity index (χ2n) is 3.78. The van der Waals surface area contributed by atoms with Crippen LogP contribution in [0.25, 0.3) is 0 Å². The molecule has 2 rings (SSSR count). The van der Waals surface area contributed by atoms with Crippen molar-refractivity contribution in [1.29, 1.82) is 0 Å². The molecule has 0 fully saturated rings. The number of benzene rings is 2. The summed E-state index contributed by atoms with van der Waals surface area (Å²) in [5.74, 6) is -4.78. The molecule has 0 aliphatic carbocycles. The van der Waals surface area contributed by atoms with Gasteiger partial charge in [0, 0.05) is 5.56 Å². The predicted molar refractivity (Wildman–Crippen MR) is 62.7 cm³/mol. The van der Waals surface area contributed by atoms with Crippen LogP contribution in [0.3, 0.4) is 0 Å². The molecular formula is C14H9F3O2. The summed E-state index contributed by atoms with van der Waals surface area (Å²) in [6.45, 7) is 0. The monoisotopic (exact) mass is 266 g/mol. The molecule has 0 atom stereocenters. The molecule has 98 valence electrons. The Balaban J connectivity index is 2.50. The largest absolute Gasteiger partial charge is 0.496 e. The summed E-state index contributed by atoms with van der Waals surface area (Å²) in [5.41, 5.74) is -0.128. The van der Waals surface area contributed by atoms with Crippen molar-refractivity contribution < 1.29 is 22.7 Å². The third-order valence-corrected chi connectivity index (χ3v) is 2.60. The van der Waals surface area contributed by atoms with Gasteiger partial charge in [-0.15, -0.1) is 0 Å². The van der Waals surface area contributed by atoms with Gasteiger partial charge in [-0.1, -0.05) is 12.1 Å². The van der Waals surface area contributed by atoms with Gasteiger partial charge in [-0.05, 0) is 24.3 Å². The number of hydrogen-bond acceptors (Lipinski definition) is 2. The molecule has 0 aliphatic rings. The van der Waals surface area contributed by atoms with Crippen LogP contribution in [0.4, 0.5) is 13.2 Å². The number of ether oxygens (including phenoxy) is 1. The molecule has 0 N–H and O–H groups in total. The van der Waals surface area contributed by atoms with Gasteiger partial charge in [0.25, 0.3) is 0 Å². The van der Waals surface area contributed by atoms with Gasteiger partial charge in [-0.2, -0.15) is 0 Å². The number of rotatable bonds is 3. The summed E-state index contributed by atoms with van der Waals surface area (Å²) in [6.07, 6.45) is 0. The van der Waals surface area contributed by atoms with Crippen molar-refractivity contribution in [2.75, 3.05) is 7.11 Å². The minimum Gasteiger partial charge on any atom is -0.496 e. The Hall–Kier alpha value is -2.30. The van der Waals surface area contributed by atoms with Crippen molar-refractivity contribution >= 4 is 5.78 Å². The molecule has 0 saturated carbocycles. The zero-order valence-electron chi connectivity index (χ0n) is 9.91. The predicted octanol–water partition coefficient (Wildman–Crippen LogP) is 3.34. The third-order valence-electron chi connectivity index (χ3n) is 2.60. The van der Waals surface area contributed by atoms with E-state index in [9.17, 15) is 18.0 Å². The molecule has 0 aliphatic heterocycles. The lowest BCUT2D eigenvalue weighted by Gasteiger charge is -2.07. The fourth-order valence-corrected chi connectivity index (χ4v) is 1.67. The molecule has 0 radical (unpaired) electrons. The van der Waals surface area contributed by atoms with Crippen LogP contribution in [0, 0.1) is 17.5 Å². The number of ketones is 1. The van der Waals surface area contributed by atoms with E-state index in [0.717, 1.165) is 0 Å². The van der Waals surface area contributed by atoms with Gasteiger partial charge in [-0.25, -0.2) is 13.2 Å². The number of carbonyl (C=O) groups excluding carboxylic acids is 1. The molecule has 2 aromatic rings. The van der Waals surface area contributed by atoms with Crippen LogP contribution >= 0.6 is 0 Å². The van der Waals surface area contributed by atoms with Gasteiger partial charge in [0.2, 0.25) is 0 Å². The highest BCUT2D eigenvalue weighted by molar-refractivity contribution is 6.10. The second-order valence-corrected chi connectivity index (χ2v) is 3.78. The molecule has 0 spiro atoms. The topological polar surface area (TPSA) is 26.3 Å². The SMILES string of the molecule is COc1ccccc1C(=O)c1cc(F)c(F)c(F)c1. The lowest BCUT2D eigenvalue weighted by molar-refractivity contribution is 0.103. The Labute approximate surface area is 107 Å². The van der Waals surface area contributed by atoms with Gasteiger partial charge < -0.3 is 4.74 Å². The van der Waals surface area contributed by atoms with Crippen molar-refractivity contribution in [3.05, 3.63) is 65.0 Å². The molecule has 0 aromatic heterocycles. The molecule has 2 nitrogen and oxygen atoms in total. The summed E-state index contributed by atoms with van der Waals surface area (Å²) >= 11 is 0. The van der Waals surface area contributed by atoms with E-state index in [1.807, 2.05) is 0 Å². The van der Waals surface area contributed by atoms with Gasteiger partial charge in [0.15, 0.2) is 23.2 Å². The minimum absolute atomic E-state index is 0.149. The highest BCUT2D eigenvalue weighted by Gasteiger charge is 2.18. The first-order valence-corrected chi connectivity index (χ1v) is 5.37. The van der Waals surface area contributed by atoms with E-state index in [2.05, 4.69) is 0 Å². The van der Waals surface area contributed by atoms with Crippen LogP contribution in [0.2, 0.25) is 0 Å². The first kappa shape index (κ1) is 13.1. The van der Waals surface area contributed by atoms with Gasteiger partial charge in [0.05, 0.1) is 12.7 Å². The number of carbonyl (C=O) groups is 1. The van der Waals surface area contributed by atoms with E-state index in [1.54, 1.807) is 18.2 Å². The standard InChI is InChI=1S/C14H9F3O2/c1-19-12-5-3-2-4-9(12)14(18)8-6-10(15)13(17)11(16)7-8/h2-7H,1H3. The summed E-state index contributed by atoms with van der Waals surface area (Å²) in [7, 11) is 1.37. The average Bonchev–Trinajstić information content (AvgIpc) is 2.43. The van der Waals surface area contributed by atoms with Crippen LogP contribution < -0.4 is 4.74 Å². The Morgan fingerprint density at radius 2 is 1.63 bits per heavy atom. The number of para-hydroxylation sites is 1. The summed E-state index contributed by atoms with van der Waals surface area (Å²) in [6, 6.07) is 7.57. The van der Waals surface area contributed by atoms with Crippen LogP contribution in [0.5, 0.6) is 5.75 Å². The Morgan fingerprint density at radius 1 is 1.05 bits per heavy atom. The number of hydrogen-bond donors (Lipinski definition) is 0. The average molecular weight is 266 g/mol. The van der Waals surface area contributed by atoms with Crippen LogP contribution in [-0.2, 0) is 0 Å². The summed E-state index contributed by atoms with van der Waals surface area (Å²) in [4.78, 5) is 12.1. The Kier molecular flexibility index (Phi) is 3.55. The zero-order valence-corrected chi connectivity index (χ0v) is 9.91. The molecule has 0 unspecified atom stereocenters. The zero-order chi connectivity index (χ0) is 14.0. The lowest BCUT2D eigenvalue weighted by Crippen LogP contribution is -2.06. The summed E-state index contributed by atoms with van der Waals surface area (Å²) in [5, 5.41) is 0.